The zero-order valence-electron chi connectivity index (χ0n) is 21.7. The number of nitrogens with one attached hydrogen (secondary N) is 1. The number of hydrogen-bond acceptors (Lipinski definition) is 5. The van der Waals surface area contributed by atoms with E-state index < -0.39 is 6.04 Å². The summed E-state index contributed by atoms with van der Waals surface area (Å²) in [7, 11) is 0. The van der Waals surface area contributed by atoms with E-state index in [1.807, 2.05) is 56.3 Å². The Labute approximate surface area is 219 Å². The summed E-state index contributed by atoms with van der Waals surface area (Å²) in [6.07, 6.45) is 10.4. The third kappa shape index (κ3) is 6.94. The number of carbonyl (C=O) groups excluding carboxylic acids is 2. The van der Waals surface area contributed by atoms with Gasteiger partial charge in [0.15, 0.2) is 0 Å². The Kier molecular flexibility index (Phi) is 9.24. The molecule has 1 atom stereocenters. The van der Waals surface area contributed by atoms with Crippen LogP contribution in [0.1, 0.15) is 72.2 Å². The zero-order chi connectivity index (χ0) is 26.0. The second kappa shape index (κ2) is 13.0. The molecule has 1 aliphatic carbocycles. The topological polar surface area (TPSA) is 84.4 Å². The smallest absolute Gasteiger partial charge is 0.275 e. The van der Waals surface area contributed by atoms with Gasteiger partial charge in [-0.1, -0.05) is 67.3 Å². The molecule has 1 unspecified atom stereocenters. The molecule has 0 radical (unpaired) electrons. The summed E-state index contributed by atoms with van der Waals surface area (Å²) >= 11 is 0. The first-order valence-corrected chi connectivity index (χ1v) is 13.2. The molecule has 1 N–H and O–H groups in total. The number of aryl methyl sites for hydroxylation is 1. The maximum absolute atomic E-state index is 14.0. The molecule has 1 heterocycles. The maximum Gasteiger partial charge on any atom is 0.275 e. The fourth-order valence-corrected chi connectivity index (χ4v) is 4.99. The number of hydrogen-bond donors (Lipinski definition) is 1. The van der Waals surface area contributed by atoms with Crippen molar-refractivity contribution in [2.45, 2.75) is 64.5 Å². The summed E-state index contributed by atoms with van der Waals surface area (Å²) in [6.45, 7) is 4.75. The van der Waals surface area contributed by atoms with Gasteiger partial charge >= 0.3 is 0 Å². The van der Waals surface area contributed by atoms with E-state index in [9.17, 15) is 9.59 Å². The van der Waals surface area contributed by atoms with Crippen molar-refractivity contribution in [3.05, 3.63) is 89.5 Å². The minimum atomic E-state index is -0.871. The highest BCUT2D eigenvalue weighted by Gasteiger charge is 2.35. The number of nitrogens with zero attached hydrogens (tertiary/aromatic N) is 3. The van der Waals surface area contributed by atoms with E-state index >= 15 is 0 Å². The number of benzene rings is 2. The molecule has 4 rings (SSSR count). The fourth-order valence-electron chi connectivity index (χ4n) is 4.99. The van der Waals surface area contributed by atoms with Crippen molar-refractivity contribution in [3.8, 4) is 5.75 Å². The molecule has 7 nitrogen and oxygen atoms in total. The molecule has 194 valence electrons. The van der Waals surface area contributed by atoms with Gasteiger partial charge in [-0.05, 0) is 44.7 Å². The van der Waals surface area contributed by atoms with Gasteiger partial charge in [-0.25, -0.2) is 4.98 Å². The third-order valence-corrected chi connectivity index (χ3v) is 6.79. The second-order valence-electron chi connectivity index (χ2n) is 9.55. The summed E-state index contributed by atoms with van der Waals surface area (Å²) < 4.78 is 5.93. The van der Waals surface area contributed by atoms with Crippen LogP contribution in [0.15, 0.2) is 67.1 Å². The number of aromatic nitrogens is 2. The van der Waals surface area contributed by atoms with Gasteiger partial charge in [0, 0.05) is 30.5 Å². The van der Waals surface area contributed by atoms with Gasteiger partial charge in [0.2, 0.25) is 5.91 Å². The zero-order valence-corrected chi connectivity index (χ0v) is 21.7. The molecular formula is C30H36N4O3. The lowest BCUT2D eigenvalue weighted by atomic mass is 9.94. The van der Waals surface area contributed by atoms with Crippen LogP contribution in [0, 0.1) is 6.92 Å². The van der Waals surface area contributed by atoms with Crippen molar-refractivity contribution >= 4 is 11.8 Å². The minimum absolute atomic E-state index is 0.105. The van der Waals surface area contributed by atoms with Crippen LogP contribution in [0.25, 0.3) is 0 Å². The van der Waals surface area contributed by atoms with Crippen molar-refractivity contribution in [1.82, 2.24) is 20.2 Å². The van der Waals surface area contributed by atoms with Crippen LogP contribution < -0.4 is 10.1 Å². The summed E-state index contributed by atoms with van der Waals surface area (Å²) in [5.41, 5.74) is 3.12. The van der Waals surface area contributed by atoms with Crippen molar-refractivity contribution in [2.24, 2.45) is 0 Å². The Hall–Kier alpha value is -3.74. The molecule has 1 saturated carbocycles. The Balaban J connectivity index is 1.74. The summed E-state index contributed by atoms with van der Waals surface area (Å²) in [5.74, 6) is 0.0673. The number of amides is 2. The number of rotatable bonds is 10. The molecule has 0 aliphatic heterocycles. The maximum atomic E-state index is 14.0. The highest BCUT2D eigenvalue weighted by atomic mass is 16.5. The molecule has 0 spiro atoms. The lowest BCUT2D eigenvalue weighted by Crippen LogP contribution is -2.48. The average molecular weight is 501 g/mol. The molecular weight excluding hydrogens is 464 g/mol. The predicted octanol–water partition coefficient (Wildman–Crippen LogP) is 5.06. The molecule has 1 aliphatic rings. The van der Waals surface area contributed by atoms with E-state index in [2.05, 4.69) is 21.4 Å². The number of para-hydroxylation sites is 1. The van der Waals surface area contributed by atoms with Gasteiger partial charge in [0.1, 0.15) is 17.5 Å². The summed E-state index contributed by atoms with van der Waals surface area (Å²) in [5, 5.41) is 3.26. The van der Waals surface area contributed by atoms with E-state index in [1.165, 1.54) is 25.0 Å². The monoisotopic (exact) mass is 500 g/mol. The van der Waals surface area contributed by atoms with Crippen molar-refractivity contribution in [3.63, 3.8) is 0 Å². The standard InChI is InChI=1S/C30H36N4O3/c1-3-37-27-15-8-7-14-25(27)28(29(35)33-24-12-5-4-6-13-24)34(30(36)26-21-31-17-18-32-26)19-16-23-11-9-10-22(2)20-23/h7-11,14-15,17-18,20-21,24,28H,3-6,12-13,16,19H2,1-2H3,(H,33,35). The third-order valence-electron chi connectivity index (χ3n) is 6.79. The normalized spacial score (nSPS) is 14.5. The molecule has 2 aromatic carbocycles. The molecule has 0 saturated heterocycles. The highest BCUT2D eigenvalue weighted by Crippen LogP contribution is 2.32. The quantitative estimate of drug-likeness (QED) is 0.421. The number of ether oxygens (including phenoxy) is 1. The van der Waals surface area contributed by atoms with Gasteiger partial charge in [0.05, 0.1) is 12.8 Å². The first-order chi connectivity index (χ1) is 18.1. The molecule has 37 heavy (non-hydrogen) atoms. The Morgan fingerprint density at radius 2 is 1.89 bits per heavy atom. The minimum Gasteiger partial charge on any atom is -0.494 e. The summed E-state index contributed by atoms with van der Waals surface area (Å²) in [4.78, 5) is 37.9. The first-order valence-electron chi connectivity index (χ1n) is 13.2. The van der Waals surface area contributed by atoms with Crippen molar-refractivity contribution in [1.29, 1.82) is 0 Å². The predicted molar refractivity (Wildman–Crippen MR) is 143 cm³/mol. The van der Waals surface area contributed by atoms with Crippen LogP contribution in [0.3, 0.4) is 0 Å². The van der Waals surface area contributed by atoms with E-state index in [0.29, 0.717) is 30.9 Å². The van der Waals surface area contributed by atoms with Gasteiger partial charge < -0.3 is 15.0 Å². The SMILES string of the molecule is CCOc1ccccc1C(C(=O)NC1CCCCC1)N(CCc1cccc(C)c1)C(=O)c1cnccn1. The van der Waals surface area contributed by atoms with Crippen molar-refractivity contribution < 1.29 is 14.3 Å². The average Bonchev–Trinajstić information content (AvgIpc) is 2.92. The number of carbonyl (C=O) groups is 2. The molecule has 1 fully saturated rings. The van der Waals surface area contributed by atoms with Gasteiger partial charge in [0.25, 0.3) is 5.91 Å². The first kappa shape index (κ1) is 26.3. The Morgan fingerprint density at radius 1 is 1.08 bits per heavy atom. The van der Waals surface area contributed by atoms with Crippen LogP contribution in [-0.2, 0) is 11.2 Å². The lowest BCUT2D eigenvalue weighted by Gasteiger charge is -2.34. The highest BCUT2D eigenvalue weighted by molar-refractivity contribution is 5.96. The second-order valence-corrected chi connectivity index (χ2v) is 9.55. The molecule has 1 aromatic heterocycles. The molecule has 7 heteroatoms. The van der Waals surface area contributed by atoms with E-state index in [0.717, 1.165) is 36.8 Å². The van der Waals surface area contributed by atoms with Gasteiger partial charge in [-0.3, -0.25) is 14.6 Å². The largest absolute Gasteiger partial charge is 0.494 e. The van der Waals surface area contributed by atoms with Gasteiger partial charge in [-0.15, -0.1) is 0 Å². The van der Waals surface area contributed by atoms with Crippen LogP contribution >= 0.6 is 0 Å². The lowest BCUT2D eigenvalue weighted by molar-refractivity contribution is -0.127. The fraction of sp³-hybridized carbons (Fsp3) is 0.400. The van der Waals surface area contributed by atoms with E-state index in [1.54, 1.807) is 4.90 Å². The van der Waals surface area contributed by atoms with Crippen molar-refractivity contribution in [2.75, 3.05) is 13.2 Å². The molecule has 2 amide bonds. The van der Waals surface area contributed by atoms with Crippen LogP contribution in [0.5, 0.6) is 5.75 Å². The van der Waals surface area contributed by atoms with E-state index in [4.69, 9.17) is 4.74 Å². The van der Waals surface area contributed by atoms with Crippen LogP contribution in [0.2, 0.25) is 0 Å². The molecule has 3 aromatic rings. The molecule has 0 bridgehead atoms. The summed E-state index contributed by atoms with van der Waals surface area (Å²) in [6, 6.07) is 14.9. The van der Waals surface area contributed by atoms with Crippen LogP contribution in [0.4, 0.5) is 0 Å². The van der Waals surface area contributed by atoms with E-state index in [-0.39, 0.29) is 23.6 Å². The Bertz CT molecular complexity index is 1180. The van der Waals surface area contributed by atoms with Crippen LogP contribution in [-0.4, -0.2) is 45.9 Å². The van der Waals surface area contributed by atoms with Gasteiger partial charge in [-0.2, -0.15) is 0 Å². The Morgan fingerprint density at radius 3 is 2.62 bits per heavy atom.